The summed E-state index contributed by atoms with van der Waals surface area (Å²) in [7, 11) is 4.36. The first-order chi connectivity index (χ1) is 10.1. The van der Waals surface area contributed by atoms with E-state index in [1.807, 2.05) is 6.92 Å². The summed E-state index contributed by atoms with van der Waals surface area (Å²) < 4.78 is 5.19. The van der Waals surface area contributed by atoms with Gasteiger partial charge in [-0.15, -0.1) is 0 Å². The lowest BCUT2D eigenvalue weighted by atomic mass is 10.1. The standard InChI is InChI=1S/C16H31N3O2/c1-4-21-16(20)15(17-14-5-6-14)8-10-19(3)12-13-7-9-18(2)11-13/h13-15,17H,4-12H2,1-3H3. The molecule has 1 saturated carbocycles. The maximum atomic E-state index is 12.0. The maximum absolute atomic E-state index is 12.0. The van der Waals surface area contributed by atoms with Crippen molar-refractivity contribution in [1.29, 1.82) is 0 Å². The third kappa shape index (κ3) is 5.93. The van der Waals surface area contributed by atoms with E-state index in [4.69, 9.17) is 4.74 Å². The summed E-state index contributed by atoms with van der Waals surface area (Å²) in [5.41, 5.74) is 0. The van der Waals surface area contributed by atoms with Crippen LogP contribution in [-0.2, 0) is 9.53 Å². The third-order valence-electron chi connectivity index (χ3n) is 4.44. The molecule has 1 aliphatic heterocycles. The maximum Gasteiger partial charge on any atom is 0.323 e. The van der Waals surface area contributed by atoms with Crippen LogP contribution in [0.1, 0.15) is 32.6 Å². The van der Waals surface area contributed by atoms with E-state index in [-0.39, 0.29) is 12.0 Å². The van der Waals surface area contributed by atoms with Gasteiger partial charge in [0.15, 0.2) is 0 Å². The molecule has 0 amide bonds. The van der Waals surface area contributed by atoms with Gasteiger partial charge in [-0.3, -0.25) is 4.79 Å². The molecule has 0 radical (unpaired) electrons. The minimum atomic E-state index is -0.133. The van der Waals surface area contributed by atoms with E-state index in [1.54, 1.807) is 0 Å². The Kier molecular flexibility index (Phi) is 6.45. The molecule has 2 fully saturated rings. The molecule has 0 bridgehead atoms. The Bertz CT molecular complexity index is 333. The van der Waals surface area contributed by atoms with Gasteiger partial charge >= 0.3 is 5.97 Å². The Labute approximate surface area is 129 Å². The Hall–Kier alpha value is -0.650. The quantitative estimate of drug-likeness (QED) is 0.642. The van der Waals surface area contributed by atoms with E-state index in [2.05, 4.69) is 29.2 Å². The van der Waals surface area contributed by atoms with Crippen LogP contribution < -0.4 is 5.32 Å². The van der Waals surface area contributed by atoms with Crippen LogP contribution in [0.15, 0.2) is 0 Å². The summed E-state index contributed by atoms with van der Waals surface area (Å²) in [6.07, 6.45) is 4.52. The Morgan fingerprint density at radius 2 is 2.19 bits per heavy atom. The van der Waals surface area contributed by atoms with Crippen molar-refractivity contribution in [2.24, 2.45) is 5.92 Å². The van der Waals surface area contributed by atoms with Crippen molar-refractivity contribution >= 4 is 5.97 Å². The van der Waals surface area contributed by atoms with Crippen molar-refractivity contribution in [2.45, 2.75) is 44.7 Å². The lowest BCUT2D eigenvalue weighted by Gasteiger charge is -2.23. The van der Waals surface area contributed by atoms with Crippen molar-refractivity contribution < 1.29 is 9.53 Å². The molecule has 5 nitrogen and oxygen atoms in total. The molecular weight excluding hydrogens is 266 g/mol. The zero-order valence-corrected chi connectivity index (χ0v) is 13.8. The summed E-state index contributed by atoms with van der Waals surface area (Å²) in [6, 6.07) is 0.402. The minimum absolute atomic E-state index is 0.0848. The van der Waals surface area contributed by atoms with Crippen molar-refractivity contribution in [1.82, 2.24) is 15.1 Å². The highest BCUT2D eigenvalue weighted by Gasteiger charge is 2.29. The predicted molar refractivity (Wildman–Crippen MR) is 84.3 cm³/mol. The van der Waals surface area contributed by atoms with Gasteiger partial charge in [0.05, 0.1) is 6.61 Å². The third-order valence-corrected chi connectivity index (χ3v) is 4.44. The summed E-state index contributed by atoms with van der Waals surface area (Å²) in [6.45, 7) is 6.83. The number of rotatable bonds is 9. The molecule has 5 heteroatoms. The molecule has 2 rings (SSSR count). The second kappa shape index (κ2) is 8.11. The highest BCUT2D eigenvalue weighted by atomic mass is 16.5. The molecule has 1 saturated heterocycles. The number of likely N-dealkylation sites (tertiary alicyclic amines) is 1. The molecule has 0 aromatic carbocycles. The summed E-state index contributed by atoms with van der Waals surface area (Å²) in [5, 5.41) is 3.42. The van der Waals surface area contributed by atoms with E-state index in [0.29, 0.717) is 12.6 Å². The van der Waals surface area contributed by atoms with Gasteiger partial charge in [-0.25, -0.2) is 0 Å². The molecule has 1 N–H and O–H groups in total. The number of ether oxygens (including phenoxy) is 1. The SMILES string of the molecule is CCOC(=O)C(CCN(C)CC1CCN(C)C1)NC1CC1. The van der Waals surface area contributed by atoms with Crippen LogP contribution in [0.3, 0.4) is 0 Å². The average Bonchev–Trinajstić information content (AvgIpc) is 3.17. The largest absolute Gasteiger partial charge is 0.465 e. The lowest BCUT2D eigenvalue weighted by Crippen LogP contribution is -2.42. The summed E-state index contributed by atoms with van der Waals surface area (Å²) in [5.74, 6) is 0.691. The van der Waals surface area contributed by atoms with Crippen LogP contribution in [-0.4, -0.2) is 74.7 Å². The fraction of sp³-hybridized carbons (Fsp3) is 0.938. The summed E-state index contributed by atoms with van der Waals surface area (Å²) >= 11 is 0. The van der Waals surface area contributed by atoms with Gasteiger partial charge < -0.3 is 19.9 Å². The van der Waals surface area contributed by atoms with Gasteiger partial charge in [-0.05, 0) is 65.7 Å². The summed E-state index contributed by atoms with van der Waals surface area (Å²) in [4.78, 5) is 16.8. The first-order valence-corrected chi connectivity index (χ1v) is 8.38. The number of nitrogens with zero attached hydrogens (tertiary/aromatic N) is 2. The van der Waals surface area contributed by atoms with Crippen molar-refractivity contribution in [3.8, 4) is 0 Å². The van der Waals surface area contributed by atoms with Gasteiger partial charge in [0, 0.05) is 19.1 Å². The molecule has 0 aromatic heterocycles. The van der Waals surface area contributed by atoms with Gasteiger partial charge in [0.2, 0.25) is 0 Å². The molecule has 1 aliphatic carbocycles. The van der Waals surface area contributed by atoms with Gasteiger partial charge in [0.1, 0.15) is 6.04 Å². The molecule has 1 heterocycles. The number of hydrogen-bond donors (Lipinski definition) is 1. The average molecular weight is 297 g/mol. The molecular formula is C16H31N3O2. The number of carbonyl (C=O) groups excluding carboxylic acids is 1. The second-order valence-electron chi connectivity index (χ2n) is 6.71. The van der Waals surface area contributed by atoms with Crippen LogP contribution in [0, 0.1) is 5.92 Å². The molecule has 2 unspecified atom stereocenters. The molecule has 2 aliphatic rings. The van der Waals surface area contributed by atoms with E-state index in [0.717, 1.165) is 25.4 Å². The predicted octanol–water partition coefficient (Wildman–Crippen LogP) is 0.944. The minimum Gasteiger partial charge on any atom is -0.465 e. The molecule has 122 valence electrons. The normalized spacial score (nSPS) is 24.5. The fourth-order valence-corrected chi connectivity index (χ4v) is 3.10. The van der Waals surface area contributed by atoms with E-state index >= 15 is 0 Å². The van der Waals surface area contributed by atoms with Crippen molar-refractivity contribution in [2.75, 3.05) is 46.9 Å². The zero-order valence-electron chi connectivity index (χ0n) is 13.8. The zero-order chi connectivity index (χ0) is 15.2. The lowest BCUT2D eigenvalue weighted by molar-refractivity contribution is -0.146. The van der Waals surface area contributed by atoms with Gasteiger partial charge in [0.25, 0.3) is 0 Å². The Balaban J connectivity index is 1.70. The highest BCUT2D eigenvalue weighted by molar-refractivity contribution is 5.75. The number of hydrogen-bond acceptors (Lipinski definition) is 5. The van der Waals surface area contributed by atoms with Crippen LogP contribution in [0.25, 0.3) is 0 Å². The smallest absolute Gasteiger partial charge is 0.323 e. The molecule has 0 spiro atoms. The monoisotopic (exact) mass is 297 g/mol. The number of nitrogens with one attached hydrogen (secondary N) is 1. The highest BCUT2D eigenvalue weighted by Crippen LogP contribution is 2.20. The Morgan fingerprint density at radius 1 is 1.43 bits per heavy atom. The number of esters is 1. The van der Waals surface area contributed by atoms with E-state index < -0.39 is 0 Å². The van der Waals surface area contributed by atoms with Crippen molar-refractivity contribution in [3.05, 3.63) is 0 Å². The van der Waals surface area contributed by atoms with Gasteiger partial charge in [-0.1, -0.05) is 0 Å². The van der Waals surface area contributed by atoms with E-state index in [1.165, 1.54) is 32.4 Å². The van der Waals surface area contributed by atoms with Crippen molar-refractivity contribution in [3.63, 3.8) is 0 Å². The molecule has 0 aromatic rings. The fourth-order valence-electron chi connectivity index (χ4n) is 3.10. The van der Waals surface area contributed by atoms with E-state index in [9.17, 15) is 4.79 Å². The van der Waals surface area contributed by atoms with Crippen LogP contribution in [0.2, 0.25) is 0 Å². The molecule has 21 heavy (non-hydrogen) atoms. The Morgan fingerprint density at radius 3 is 2.76 bits per heavy atom. The topological polar surface area (TPSA) is 44.8 Å². The first-order valence-electron chi connectivity index (χ1n) is 8.38. The van der Waals surface area contributed by atoms with Gasteiger partial charge in [-0.2, -0.15) is 0 Å². The second-order valence-corrected chi connectivity index (χ2v) is 6.71. The van der Waals surface area contributed by atoms with Crippen LogP contribution in [0.4, 0.5) is 0 Å². The van der Waals surface area contributed by atoms with Crippen LogP contribution >= 0.6 is 0 Å². The van der Waals surface area contributed by atoms with Crippen LogP contribution in [0.5, 0.6) is 0 Å². The molecule has 2 atom stereocenters. The first kappa shape index (κ1) is 16.7. The number of carbonyl (C=O) groups is 1.